The molecule has 4 rings (SSSR count). The smallest absolute Gasteiger partial charge is 0.338 e. The molecule has 176 valence electrons. The molecule has 0 bridgehead atoms. The summed E-state index contributed by atoms with van der Waals surface area (Å²) in [5, 5.41) is 2.52. The van der Waals surface area contributed by atoms with Gasteiger partial charge < -0.3 is 19.4 Å². The molecule has 1 fully saturated rings. The minimum absolute atomic E-state index is 0.0232. The third-order valence-corrected chi connectivity index (χ3v) is 7.09. The van der Waals surface area contributed by atoms with Gasteiger partial charge in [0.1, 0.15) is 5.82 Å². The molecule has 1 aromatic rings. The van der Waals surface area contributed by atoms with Crippen molar-refractivity contribution in [2.24, 2.45) is 4.99 Å². The number of likely N-dealkylation sites (N-methyl/N-ethyl adjacent to an activating group) is 1. The van der Waals surface area contributed by atoms with Gasteiger partial charge in [-0.2, -0.15) is 0 Å². The lowest BCUT2D eigenvalue weighted by Gasteiger charge is -2.37. The highest BCUT2D eigenvalue weighted by molar-refractivity contribution is 8.16. The van der Waals surface area contributed by atoms with Gasteiger partial charge in [-0.05, 0) is 31.9 Å². The lowest BCUT2D eigenvalue weighted by molar-refractivity contribution is -0.139. The molecule has 0 aliphatic carbocycles. The van der Waals surface area contributed by atoms with Crippen molar-refractivity contribution in [2.45, 2.75) is 33.2 Å². The van der Waals surface area contributed by atoms with Crippen LogP contribution in [0.25, 0.3) is 0 Å². The predicted octanol–water partition coefficient (Wildman–Crippen LogP) is 3.52. The largest absolute Gasteiger partial charge is 0.463 e. The highest BCUT2D eigenvalue weighted by atomic mass is 32.2. The lowest BCUT2D eigenvalue weighted by Crippen LogP contribution is -2.49. The molecule has 1 saturated heterocycles. The van der Waals surface area contributed by atoms with E-state index < -0.39 is 17.8 Å². The summed E-state index contributed by atoms with van der Waals surface area (Å²) in [5.41, 5.74) is 1.86. The molecule has 1 amide bonds. The minimum Gasteiger partial charge on any atom is -0.463 e. The van der Waals surface area contributed by atoms with Crippen molar-refractivity contribution in [2.75, 3.05) is 39.3 Å². The van der Waals surface area contributed by atoms with Gasteiger partial charge in [-0.25, -0.2) is 14.2 Å². The Morgan fingerprint density at radius 1 is 1.18 bits per heavy atom. The molecule has 9 heteroatoms. The van der Waals surface area contributed by atoms with E-state index in [4.69, 9.17) is 4.74 Å². The highest BCUT2D eigenvalue weighted by Gasteiger charge is 2.42. The van der Waals surface area contributed by atoms with Crippen molar-refractivity contribution in [3.8, 4) is 0 Å². The number of amides is 1. The first kappa shape index (κ1) is 23.5. The van der Waals surface area contributed by atoms with Gasteiger partial charge in [0, 0.05) is 37.4 Å². The normalized spacial score (nSPS) is 21.0. The van der Waals surface area contributed by atoms with Crippen LogP contribution < -0.4 is 0 Å². The van der Waals surface area contributed by atoms with Crippen LogP contribution >= 0.6 is 11.8 Å². The summed E-state index contributed by atoms with van der Waals surface area (Å²) in [7, 11) is 0. The van der Waals surface area contributed by atoms with Crippen LogP contribution in [0.4, 0.5) is 4.39 Å². The fourth-order valence-electron chi connectivity index (χ4n) is 4.41. The number of hydrogen-bond acceptors (Lipinski definition) is 7. The first-order chi connectivity index (χ1) is 15.9. The number of carbonyl (C=O) groups is 2. The summed E-state index contributed by atoms with van der Waals surface area (Å²) in [6.07, 6.45) is 0.165. The molecule has 1 atom stereocenters. The molecule has 3 heterocycles. The average Bonchev–Trinajstić information content (AvgIpc) is 3.20. The molecule has 0 N–H and O–H groups in total. The number of benzene rings is 1. The number of esters is 1. The van der Waals surface area contributed by atoms with Crippen molar-refractivity contribution in [3.63, 3.8) is 0 Å². The maximum absolute atomic E-state index is 15.0. The second kappa shape index (κ2) is 10.1. The number of piperazine rings is 1. The Morgan fingerprint density at radius 2 is 1.91 bits per heavy atom. The molecule has 0 saturated carbocycles. The average molecular weight is 473 g/mol. The van der Waals surface area contributed by atoms with Crippen LogP contribution in [0.3, 0.4) is 0 Å². The number of fused-ring (bicyclic) bond motifs is 1. The Balaban J connectivity index is 1.64. The van der Waals surface area contributed by atoms with Crippen LogP contribution in [0.1, 0.15) is 38.8 Å². The summed E-state index contributed by atoms with van der Waals surface area (Å²) < 4.78 is 20.3. The predicted molar refractivity (Wildman–Crippen MR) is 127 cm³/mol. The number of rotatable bonds is 6. The zero-order valence-electron chi connectivity index (χ0n) is 19.2. The van der Waals surface area contributed by atoms with E-state index in [2.05, 4.69) is 16.8 Å². The first-order valence-electron chi connectivity index (χ1n) is 11.3. The second-order valence-electron chi connectivity index (χ2n) is 8.13. The second-order valence-corrected chi connectivity index (χ2v) is 8.96. The fraction of sp³-hybridized carbons (Fsp3) is 0.458. The Hall–Kier alpha value is -2.65. The number of hydrogen-bond donors (Lipinski definition) is 0. The van der Waals surface area contributed by atoms with Gasteiger partial charge in [0.15, 0.2) is 5.17 Å². The Morgan fingerprint density at radius 3 is 2.58 bits per heavy atom. The zero-order valence-corrected chi connectivity index (χ0v) is 20.0. The van der Waals surface area contributed by atoms with Gasteiger partial charge in [-0.15, -0.1) is 0 Å². The maximum Gasteiger partial charge on any atom is 0.338 e. The summed E-state index contributed by atoms with van der Waals surface area (Å²) in [6, 6.07) is 5.66. The molecule has 3 aliphatic rings. The van der Waals surface area contributed by atoms with Crippen molar-refractivity contribution in [1.29, 1.82) is 0 Å². The number of carbonyl (C=O) groups excluding carboxylic acids is 2. The van der Waals surface area contributed by atoms with Crippen molar-refractivity contribution in [1.82, 2.24) is 14.7 Å². The first-order valence-corrected chi connectivity index (χ1v) is 12.2. The molecule has 0 aromatic heterocycles. The number of aliphatic imine (C=N–C) groups is 1. The van der Waals surface area contributed by atoms with Crippen molar-refractivity contribution in [3.05, 3.63) is 58.0 Å². The summed E-state index contributed by atoms with van der Waals surface area (Å²) in [6.45, 7) is 9.88. The zero-order chi connectivity index (χ0) is 23.5. The molecule has 33 heavy (non-hydrogen) atoms. The molecule has 0 unspecified atom stereocenters. The third-order valence-electron chi connectivity index (χ3n) is 6.20. The number of thioether (sulfide) groups is 1. The number of ether oxygens (including phenoxy) is 1. The monoisotopic (exact) mass is 472 g/mol. The van der Waals surface area contributed by atoms with E-state index >= 15 is 0 Å². The molecule has 3 aliphatic heterocycles. The number of allylic oxidation sites excluding steroid dienone is 1. The van der Waals surface area contributed by atoms with Crippen LogP contribution in [-0.2, 0) is 14.3 Å². The standard InChI is InChI=1S/C24H29FN4O3S/c1-4-27-10-12-28(13-11-27)20(30)14-17-15-33-24-26-16(3)21(23(31)32-5-2)22(29(17)24)18-8-6-7-9-19(18)25/h6-9,15,22H,4-5,10-14H2,1-3H3/t22-/m1/s1. The quantitative estimate of drug-likeness (QED) is 0.591. The van der Waals surface area contributed by atoms with E-state index in [1.165, 1.54) is 17.8 Å². The third kappa shape index (κ3) is 4.70. The minimum atomic E-state index is -0.747. The number of nitrogens with zero attached hydrogens (tertiary/aromatic N) is 4. The van der Waals surface area contributed by atoms with E-state index in [0.29, 0.717) is 40.8 Å². The summed E-state index contributed by atoms with van der Waals surface area (Å²) in [5.74, 6) is -0.920. The van der Waals surface area contributed by atoms with Gasteiger partial charge >= 0.3 is 5.97 Å². The SMILES string of the molecule is CCOC(=O)C1=C(C)N=C2SC=C(CC(=O)N3CCN(CC)CC3)N2[C@@H]1c1ccccc1F. The van der Waals surface area contributed by atoms with E-state index in [-0.39, 0.29) is 18.9 Å². The maximum atomic E-state index is 15.0. The highest BCUT2D eigenvalue weighted by Crippen LogP contribution is 2.45. The summed E-state index contributed by atoms with van der Waals surface area (Å²) in [4.78, 5) is 36.7. The Labute approximate surface area is 198 Å². The molecular weight excluding hydrogens is 443 g/mol. The lowest BCUT2D eigenvalue weighted by atomic mass is 9.93. The van der Waals surface area contributed by atoms with Gasteiger partial charge in [0.05, 0.1) is 30.3 Å². The van der Waals surface area contributed by atoms with Gasteiger partial charge in [-0.1, -0.05) is 36.9 Å². The van der Waals surface area contributed by atoms with Crippen molar-refractivity contribution >= 4 is 28.8 Å². The Bertz CT molecular complexity index is 1030. The van der Waals surface area contributed by atoms with Gasteiger partial charge in [-0.3, -0.25) is 4.79 Å². The number of halogens is 1. The van der Waals surface area contributed by atoms with Crippen LogP contribution in [-0.4, -0.2) is 71.1 Å². The fourth-order valence-corrected chi connectivity index (χ4v) is 5.38. The topological polar surface area (TPSA) is 65.5 Å². The molecular formula is C24H29FN4O3S. The van der Waals surface area contributed by atoms with Gasteiger partial charge in [0.2, 0.25) is 5.91 Å². The molecule has 1 aromatic carbocycles. The number of amidine groups is 1. The van der Waals surface area contributed by atoms with Crippen LogP contribution in [0.5, 0.6) is 0 Å². The van der Waals surface area contributed by atoms with E-state index in [1.54, 1.807) is 32.0 Å². The van der Waals surface area contributed by atoms with Crippen LogP contribution in [0.2, 0.25) is 0 Å². The van der Waals surface area contributed by atoms with Crippen LogP contribution in [0, 0.1) is 5.82 Å². The van der Waals surface area contributed by atoms with E-state index in [1.807, 2.05) is 15.2 Å². The molecule has 7 nitrogen and oxygen atoms in total. The van der Waals surface area contributed by atoms with E-state index in [0.717, 1.165) is 19.6 Å². The van der Waals surface area contributed by atoms with Crippen molar-refractivity contribution < 1.29 is 18.7 Å². The van der Waals surface area contributed by atoms with Gasteiger partial charge in [0.25, 0.3) is 0 Å². The molecule has 0 spiro atoms. The van der Waals surface area contributed by atoms with E-state index in [9.17, 15) is 14.0 Å². The van der Waals surface area contributed by atoms with Crippen LogP contribution in [0.15, 0.2) is 51.6 Å². The molecule has 0 radical (unpaired) electrons. The Kier molecular flexibility index (Phi) is 7.19. The summed E-state index contributed by atoms with van der Waals surface area (Å²) >= 11 is 1.39.